The van der Waals surface area contributed by atoms with Gasteiger partial charge in [0.15, 0.2) is 0 Å². The first-order valence-electron chi connectivity index (χ1n) is 12.0. The van der Waals surface area contributed by atoms with Gasteiger partial charge in [0.1, 0.15) is 18.5 Å². The standard InChI is InChI=1S/C28H34N4O2/c1-21-13-14-26-27(15-16-32(28(26)30-21)19-24-11-7-4-8-12-24)31-34-20-25(33)18-29-22(2)17-23-9-5-3-6-10-23/h3-14,22,25,29,33H,15-20H2,1-2H3/b31-27+. The van der Waals surface area contributed by atoms with Crippen molar-refractivity contribution in [3.8, 4) is 0 Å². The number of nitrogens with one attached hydrogen (secondary N) is 1. The second-order valence-corrected chi connectivity index (χ2v) is 8.97. The number of rotatable bonds is 10. The maximum absolute atomic E-state index is 10.4. The van der Waals surface area contributed by atoms with E-state index in [1.54, 1.807) is 0 Å². The van der Waals surface area contributed by atoms with E-state index in [2.05, 4.69) is 64.8 Å². The minimum atomic E-state index is -0.628. The third kappa shape index (κ3) is 6.65. The van der Waals surface area contributed by atoms with E-state index in [0.29, 0.717) is 6.54 Å². The summed E-state index contributed by atoms with van der Waals surface area (Å²) >= 11 is 0. The van der Waals surface area contributed by atoms with Gasteiger partial charge in [0.2, 0.25) is 0 Å². The highest BCUT2D eigenvalue weighted by molar-refractivity contribution is 6.06. The lowest BCUT2D eigenvalue weighted by atomic mass is 10.0. The van der Waals surface area contributed by atoms with Gasteiger partial charge in [-0.05, 0) is 43.5 Å². The van der Waals surface area contributed by atoms with E-state index < -0.39 is 6.10 Å². The van der Waals surface area contributed by atoms with Crippen LogP contribution in [0, 0.1) is 6.92 Å². The number of aryl methyl sites for hydroxylation is 1. The van der Waals surface area contributed by atoms with Crippen molar-refractivity contribution in [3.63, 3.8) is 0 Å². The molecule has 2 heterocycles. The first-order valence-corrected chi connectivity index (χ1v) is 12.0. The first kappa shape index (κ1) is 23.9. The van der Waals surface area contributed by atoms with Crippen molar-refractivity contribution in [2.24, 2.45) is 5.16 Å². The number of fused-ring (bicyclic) bond motifs is 1. The molecular weight excluding hydrogens is 424 g/mol. The number of benzene rings is 2. The van der Waals surface area contributed by atoms with Gasteiger partial charge >= 0.3 is 0 Å². The smallest absolute Gasteiger partial charge is 0.144 e. The summed E-state index contributed by atoms with van der Waals surface area (Å²) in [7, 11) is 0. The van der Waals surface area contributed by atoms with Crippen LogP contribution in [0.5, 0.6) is 0 Å². The summed E-state index contributed by atoms with van der Waals surface area (Å²) in [6.45, 7) is 6.37. The molecule has 6 heteroatoms. The number of pyridine rings is 1. The van der Waals surface area contributed by atoms with Crippen LogP contribution in [0.1, 0.15) is 35.7 Å². The second kappa shape index (κ2) is 11.8. The zero-order valence-electron chi connectivity index (χ0n) is 20.0. The second-order valence-electron chi connectivity index (χ2n) is 8.97. The molecule has 1 aliphatic heterocycles. The first-order chi connectivity index (χ1) is 16.6. The van der Waals surface area contributed by atoms with E-state index in [4.69, 9.17) is 9.82 Å². The van der Waals surface area contributed by atoms with E-state index in [1.807, 2.05) is 37.3 Å². The van der Waals surface area contributed by atoms with Crippen molar-refractivity contribution in [2.45, 2.75) is 45.4 Å². The average Bonchev–Trinajstić information content (AvgIpc) is 2.85. The summed E-state index contributed by atoms with van der Waals surface area (Å²) in [6, 6.07) is 25.1. The van der Waals surface area contributed by atoms with Gasteiger partial charge < -0.3 is 20.2 Å². The number of oxime groups is 1. The molecule has 34 heavy (non-hydrogen) atoms. The highest BCUT2D eigenvalue weighted by Crippen LogP contribution is 2.27. The van der Waals surface area contributed by atoms with Gasteiger partial charge in [-0.3, -0.25) is 0 Å². The molecule has 0 amide bonds. The minimum absolute atomic E-state index is 0.150. The fraction of sp³-hybridized carbons (Fsp3) is 0.357. The molecule has 178 valence electrons. The van der Waals surface area contributed by atoms with Crippen molar-refractivity contribution in [3.05, 3.63) is 95.2 Å². The molecule has 0 radical (unpaired) electrons. The quantitative estimate of drug-likeness (QED) is 0.448. The van der Waals surface area contributed by atoms with Crippen LogP contribution < -0.4 is 10.2 Å². The van der Waals surface area contributed by atoms with E-state index >= 15 is 0 Å². The molecule has 4 rings (SSSR count). The molecule has 2 atom stereocenters. The number of anilines is 1. The number of aliphatic hydroxyl groups excluding tert-OH is 1. The zero-order chi connectivity index (χ0) is 23.8. The third-order valence-electron chi connectivity index (χ3n) is 5.99. The molecule has 2 aromatic carbocycles. The van der Waals surface area contributed by atoms with Crippen molar-refractivity contribution in [1.29, 1.82) is 0 Å². The Morgan fingerprint density at radius 3 is 2.47 bits per heavy atom. The van der Waals surface area contributed by atoms with Crippen LogP contribution in [0.2, 0.25) is 0 Å². The molecule has 0 spiro atoms. The summed E-state index contributed by atoms with van der Waals surface area (Å²) in [6.07, 6.45) is 1.06. The van der Waals surface area contributed by atoms with Crippen molar-refractivity contribution in [2.75, 3.05) is 24.6 Å². The lowest BCUT2D eigenvalue weighted by Crippen LogP contribution is -2.37. The van der Waals surface area contributed by atoms with E-state index in [1.165, 1.54) is 11.1 Å². The summed E-state index contributed by atoms with van der Waals surface area (Å²) in [5.74, 6) is 0.939. The van der Waals surface area contributed by atoms with Crippen molar-refractivity contribution in [1.82, 2.24) is 10.3 Å². The summed E-state index contributed by atoms with van der Waals surface area (Å²) in [5.41, 5.74) is 5.39. The Kier molecular flexibility index (Phi) is 8.28. The van der Waals surface area contributed by atoms with Gasteiger partial charge in [0, 0.05) is 43.4 Å². The number of hydrogen-bond acceptors (Lipinski definition) is 6. The van der Waals surface area contributed by atoms with E-state index in [9.17, 15) is 5.11 Å². The molecule has 0 aliphatic carbocycles. The Labute approximate surface area is 202 Å². The fourth-order valence-corrected chi connectivity index (χ4v) is 4.18. The monoisotopic (exact) mass is 458 g/mol. The predicted octanol–water partition coefficient (Wildman–Crippen LogP) is 4.10. The largest absolute Gasteiger partial charge is 0.393 e. The van der Waals surface area contributed by atoms with Gasteiger partial charge in [0.25, 0.3) is 0 Å². The summed E-state index contributed by atoms with van der Waals surface area (Å²) in [4.78, 5) is 12.7. The Balaban J connectivity index is 1.31. The van der Waals surface area contributed by atoms with Gasteiger partial charge in [-0.1, -0.05) is 65.8 Å². The average molecular weight is 459 g/mol. The molecule has 0 saturated heterocycles. The van der Waals surface area contributed by atoms with E-state index in [-0.39, 0.29) is 12.6 Å². The number of hydrogen-bond donors (Lipinski definition) is 2. The number of nitrogens with zero attached hydrogens (tertiary/aromatic N) is 3. The highest BCUT2D eigenvalue weighted by atomic mass is 16.6. The lowest BCUT2D eigenvalue weighted by molar-refractivity contribution is 0.0390. The molecule has 3 aromatic rings. The van der Waals surface area contributed by atoms with Crippen LogP contribution in [0.4, 0.5) is 5.82 Å². The molecule has 0 fully saturated rings. The highest BCUT2D eigenvalue weighted by Gasteiger charge is 2.24. The topological polar surface area (TPSA) is 70.0 Å². The summed E-state index contributed by atoms with van der Waals surface area (Å²) < 4.78 is 0. The van der Waals surface area contributed by atoms with Gasteiger partial charge in [-0.25, -0.2) is 4.98 Å². The van der Waals surface area contributed by atoms with E-state index in [0.717, 1.165) is 48.7 Å². The maximum Gasteiger partial charge on any atom is 0.144 e. The fourth-order valence-electron chi connectivity index (χ4n) is 4.18. The lowest BCUT2D eigenvalue weighted by Gasteiger charge is -2.31. The molecule has 1 aliphatic rings. The minimum Gasteiger partial charge on any atom is -0.393 e. The van der Waals surface area contributed by atoms with Gasteiger partial charge in [-0.2, -0.15) is 0 Å². The zero-order valence-corrected chi connectivity index (χ0v) is 20.0. The van der Waals surface area contributed by atoms with Crippen LogP contribution in [0.25, 0.3) is 0 Å². The molecule has 2 N–H and O–H groups in total. The Hall–Kier alpha value is -3.22. The SMILES string of the molecule is Cc1ccc2c(n1)N(Cc1ccccc1)CC/C2=N\OCC(O)CNC(C)Cc1ccccc1. The molecule has 2 unspecified atom stereocenters. The number of aliphatic hydroxyl groups is 1. The van der Waals surface area contributed by atoms with Gasteiger partial charge in [0.05, 0.1) is 5.71 Å². The molecular formula is C28H34N4O2. The molecule has 0 saturated carbocycles. The predicted molar refractivity (Wildman–Crippen MR) is 137 cm³/mol. The molecule has 6 nitrogen and oxygen atoms in total. The Bertz CT molecular complexity index is 1070. The van der Waals surface area contributed by atoms with Gasteiger partial charge in [-0.15, -0.1) is 0 Å². The number of aromatic nitrogens is 1. The molecule has 0 bridgehead atoms. The van der Waals surface area contributed by atoms with Crippen LogP contribution in [0.15, 0.2) is 78.0 Å². The Morgan fingerprint density at radius 1 is 1.03 bits per heavy atom. The summed E-state index contributed by atoms with van der Waals surface area (Å²) in [5, 5.41) is 18.1. The Morgan fingerprint density at radius 2 is 1.74 bits per heavy atom. The third-order valence-corrected chi connectivity index (χ3v) is 5.99. The van der Waals surface area contributed by atoms with Crippen molar-refractivity contribution < 1.29 is 9.94 Å². The molecule has 1 aromatic heterocycles. The van der Waals surface area contributed by atoms with Crippen LogP contribution in [-0.4, -0.2) is 47.6 Å². The van der Waals surface area contributed by atoms with Crippen LogP contribution >= 0.6 is 0 Å². The van der Waals surface area contributed by atoms with Crippen LogP contribution in [0.3, 0.4) is 0 Å². The van der Waals surface area contributed by atoms with Crippen LogP contribution in [-0.2, 0) is 17.8 Å². The maximum atomic E-state index is 10.4. The van der Waals surface area contributed by atoms with Crippen molar-refractivity contribution >= 4 is 11.5 Å². The normalized spacial score (nSPS) is 16.2.